The topological polar surface area (TPSA) is 44.4 Å². The van der Waals surface area contributed by atoms with E-state index in [0.29, 0.717) is 17.7 Å². The van der Waals surface area contributed by atoms with E-state index < -0.39 is 0 Å². The number of halogens is 1. The van der Waals surface area contributed by atoms with Crippen molar-refractivity contribution in [2.45, 2.75) is 64.1 Å². The molecule has 0 saturated heterocycles. The average molecular weight is 458 g/mol. The van der Waals surface area contributed by atoms with E-state index in [1.54, 1.807) is 0 Å². The molecule has 1 aliphatic carbocycles. The van der Waals surface area contributed by atoms with Crippen molar-refractivity contribution in [1.29, 1.82) is 0 Å². The smallest absolute Gasteiger partial charge is 0.239 e. The second kappa shape index (κ2) is 12.1. The lowest BCUT2D eigenvalue weighted by atomic mass is 10.1. The van der Waals surface area contributed by atoms with Crippen LogP contribution in [0.1, 0.15) is 50.2 Å². The molecule has 1 aliphatic rings. The molecule has 0 spiro atoms. The van der Waals surface area contributed by atoms with E-state index in [1.165, 1.54) is 18.4 Å². The van der Waals surface area contributed by atoms with Crippen LogP contribution in [0.2, 0.25) is 5.02 Å². The molecule has 2 aromatic carbocycles. The monoisotopic (exact) mass is 457 g/mol. The summed E-state index contributed by atoms with van der Waals surface area (Å²) in [5.74, 6) is -0.0352. The molecular formula is C25H32ClN3OS. The van der Waals surface area contributed by atoms with Gasteiger partial charge in [0, 0.05) is 23.7 Å². The predicted octanol–water partition coefficient (Wildman–Crippen LogP) is 5.10. The Morgan fingerprint density at radius 1 is 1.13 bits per heavy atom. The number of hydrogen-bond donors (Lipinski definition) is 2. The Morgan fingerprint density at radius 2 is 1.81 bits per heavy atom. The Balaban J connectivity index is 1.49. The van der Waals surface area contributed by atoms with Crippen molar-refractivity contribution in [1.82, 2.24) is 15.5 Å². The van der Waals surface area contributed by atoms with Crippen LogP contribution >= 0.6 is 23.8 Å². The van der Waals surface area contributed by atoms with E-state index in [-0.39, 0.29) is 18.5 Å². The summed E-state index contributed by atoms with van der Waals surface area (Å²) in [7, 11) is 0. The quantitative estimate of drug-likeness (QED) is 0.514. The van der Waals surface area contributed by atoms with Gasteiger partial charge >= 0.3 is 0 Å². The van der Waals surface area contributed by atoms with Crippen LogP contribution < -0.4 is 10.6 Å². The Labute approximate surface area is 196 Å². The van der Waals surface area contributed by atoms with Crippen LogP contribution in [0.3, 0.4) is 0 Å². The van der Waals surface area contributed by atoms with Crippen molar-refractivity contribution >= 4 is 34.8 Å². The van der Waals surface area contributed by atoms with E-state index in [0.717, 1.165) is 36.3 Å². The van der Waals surface area contributed by atoms with Gasteiger partial charge in [0.2, 0.25) is 5.91 Å². The van der Waals surface area contributed by atoms with Gasteiger partial charge in [0.1, 0.15) is 0 Å². The molecule has 1 unspecified atom stereocenters. The Hall–Kier alpha value is -2.11. The fourth-order valence-corrected chi connectivity index (χ4v) is 4.56. The summed E-state index contributed by atoms with van der Waals surface area (Å²) in [5.41, 5.74) is 2.34. The number of nitrogens with zero attached hydrogens (tertiary/aromatic N) is 1. The summed E-state index contributed by atoms with van der Waals surface area (Å²) in [6.45, 7) is 2.88. The second-order valence-corrected chi connectivity index (χ2v) is 9.10. The lowest BCUT2D eigenvalue weighted by Gasteiger charge is -2.32. The zero-order valence-electron chi connectivity index (χ0n) is 18.1. The third kappa shape index (κ3) is 7.51. The lowest BCUT2D eigenvalue weighted by molar-refractivity contribution is -0.120. The normalized spacial score (nSPS) is 14.8. The summed E-state index contributed by atoms with van der Waals surface area (Å²) >= 11 is 12.1. The van der Waals surface area contributed by atoms with Crippen molar-refractivity contribution in [3.63, 3.8) is 0 Å². The van der Waals surface area contributed by atoms with Crippen molar-refractivity contribution < 1.29 is 4.79 Å². The summed E-state index contributed by atoms with van der Waals surface area (Å²) in [4.78, 5) is 14.7. The van der Waals surface area contributed by atoms with E-state index in [9.17, 15) is 4.79 Å². The largest absolute Gasteiger partial charge is 0.353 e. The lowest BCUT2D eigenvalue weighted by Crippen LogP contribution is -2.48. The molecule has 3 rings (SSSR count). The van der Waals surface area contributed by atoms with Gasteiger partial charge < -0.3 is 15.5 Å². The van der Waals surface area contributed by atoms with Crippen molar-refractivity contribution in [3.05, 3.63) is 70.7 Å². The number of thiocarbonyl (C=S) groups is 1. The molecule has 0 radical (unpaired) electrons. The Kier molecular flexibility index (Phi) is 9.16. The highest BCUT2D eigenvalue weighted by atomic mass is 35.5. The number of benzene rings is 2. The number of rotatable bonds is 9. The molecule has 0 heterocycles. The molecule has 6 heteroatoms. The van der Waals surface area contributed by atoms with Gasteiger partial charge in [0.05, 0.1) is 6.54 Å². The first-order chi connectivity index (χ1) is 15.0. The van der Waals surface area contributed by atoms with Gasteiger partial charge in [-0.2, -0.15) is 0 Å². The van der Waals surface area contributed by atoms with Crippen LogP contribution in [-0.2, 0) is 17.8 Å². The highest BCUT2D eigenvalue weighted by molar-refractivity contribution is 7.80. The van der Waals surface area contributed by atoms with Crippen LogP contribution in [0.4, 0.5) is 0 Å². The van der Waals surface area contributed by atoms with E-state index in [2.05, 4.69) is 27.7 Å². The van der Waals surface area contributed by atoms with Crippen LogP contribution in [0, 0.1) is 0 Å². The predicted molar refractivity (Wildman–Crippen MR) is 132 cm³/mol. The standard InChI is InChI=1S/C25H32ClN3OS/c1-19(15-16-20-9-3-2-4-10-20)28-24(30)17-27-25(31)29(22-12-6-7-13-22)18-21-11-5-8-14-23(21)26/h2-5,8-11,14,19,22H,6-7,12-13,15-18H2,1H3,(H,27,31)(H,28,30). The molecule has 0 aliphatic heterocycles. The fourth-order valence-electron chi connectivity index (χ4n) is 4.08. The van der Waals surface area contributed by atoms with Crippen LogP contribution in [0.15, 0.2) is 54.6 Å². The first-order valence-corrected chi connectivity index (χ1v) is 11.9. The molecule has 0 aromatic heterocycles. The summed E-state index contributed by atoms with van der Waals surface area (Å²) in [6, 6.07) is 18.7. The van der Waals surface area contributed by atoms with Gasteiger partial charge in [-0.3, -0.25) is 4.79 Å². The average Bonchev–Trinajstić information content (AvgIpc) is 3.31. The number of nitrogens with one attached hydrogen (secondary N) is 2. The SMILES string of the molecule is CC(CCc1ccccc1)NC(=O)CNC(=S)N(Cc1ccccc1Cl)C1CCCC1. The summed E-state index contributed by atoms with van der Waals surface area (Å²) in [5, 5.41) is 7.63. The van der Waals surface area contributed by atoms with E-state index >= 15 is 0 Å². The zero-order valence-corrected chi connectivity index (χ0v) is 19.7. The molecule has 31 heavy (non-hydrogen) atoms. The van der Waals surface area contributed by atoms with Gasteiger partial charge in [-0.1, -0.05) is 73.0 Å². The summed E-state index contributed by atoms with van der Waals surface area (Å²) in [6.07, 6.45) is 6.52. The maximum absolute atomic E-state index is 12.5. The van der Waals surface area contributed by atoms with E-state index in [4.69, 9.17) is 23.8 Å². The Bertz CT molecular complexity index is 855. The van der Waals surface area contributed by atoms with Crippen molar-refractivity contribution in [2.24, 2.45) is 0 Å². The van der Waals surface area contributed by atoms with Crippen molar-refractivity contribution in [2.75, 3.05) is 6.54 Å². The minimum absolute atomic E-state index is 0.0352. The molecule has 2 N–H and O–H groups in total. The number of carbonyl (C=O) groups is 1. The molecule has 4 nitrogen and oxygen atoms in total. The highest BCUT2D eigenvalue weighted by Crippen LogP contribution is 2.27. The molecule has 2 aromatic rings. The van der Waals surface area contributed by atoms with Gasteiger partial charge in [-0.25, -0.2) is 0 Å². The van der Waals surface area contributed by atoms with Gasteiger partial charge in [0.15, 0.2) is 5.11 Å². The maximum atomic E-state index is 12.5. The third-order valence-electron chi connectivity index (χ3n) is 5.84. The molecule has 1 amide bonds. The third-order valence-corrected chi connectivity index (χ3v) is 6.59. The fraction of sp³-hybridized carbons (Fsp3) is 0.440. The first-order valence-electron chi connectivity index (χ1n) is 11.1. The molecule has 1 fully saturated rings. The highest BCUT2D eigenvalue weighted by Gasteiger charge is 2.25. The maximum Gasteiger partial charge on any atom is 0.239 e. The number of amides is 1. The van der Waals surface area contributed by atoms with Crippen LogP contribution in [0.25, 0.3) is 0 Å². The molecule has 1 saturated carbocycles. The van der Waals surface area contributed by atoms with Gasteiger partial charge in [-0.15, -0.1) is 0 Å². The van der Waals surface area contributed by atoms with Crippen LogP contribution in [0.5, 0.6) is 0 Å². The molecule has 0 bridgehead atoms. The second-order valence-electron chi connectivity index (χ2n) is 8.31. The first kappa shape index (κ1) is 23.6. The number of hydrogen-bond acceptors (Lipinski definition) is 2. The van der Waals surface area contributed by atoms with E-state index in [1.807, 2.05) is 49.4 Å². The minimum Gasteiger partial charge on any atom is -0.353 e. The molecular weight excluding hydrogens is 426 g/mol. The van der Waals surface area contributed by atoms with Gasteiger partial charge in [-0.05, 0) is 62.0 Å². The summed E-state index contributed by atoms with van der Waals surface area (Å²) < 4.78 is 0. The number of aryl methyl sites for hydroxylation is 1. The van der Waals surface area contributed by atoms with Crippen LogP contribution in [-0.4, -0.2) is 34.5 Å². The number of carbonyl (C=O) groups excluding carboxylic acids is 1. The minimum atomic E-state index is -0.0352. The van der Waals surface area contributed by atoms with Crippen molar-refractivity contribution in [3.8, 4) is 0 Å². The Morgan fingerprint density at radius 3 is 2.52 bits per heavy atom. The molecule has 1 atom stereocenters. The molecule has 166 valence electrons. The zero-order chi connectivity index (χ0) is 22.1. The van der Waals surface area contributed by atoms with Gasteiger partial charge in [0.25, 0.3) is 0 Å².